The average Bonchev–Trinajstić information content (AvgIpc) is 2.83. The zero-order valence-electron chi connectivity index (χ0n) is 61.4. The highest BCUT2D eigenvalue weighted by Crippen LogP contribution is 2.45. The normalized spacial score (nSPS) is 14.1. The Morgan fingerprint density at radius 1 is 0.287 bits per heavy atom. The largest absolute Gasteiger partial charge is 0.472 e. The molecule has 0 aromatic rings. The van der Waals surface area contributed by atoms with Crippen LogP contribution in [0.3, 0.4) is 0 Å². The van der Waals surface area contributed by atoms with E-state index < -0.39 is 97.5 Å². The van der Waals surface area contributed by atoms with Gasteiger partial charge in [0.15, 0.2) is 12.2 Å². The second kappa shape index (κ2) is 65.7. The number of ether oxygens (including phenoxy) is 4. The number of hydrogen-bond acceptors (Lipinski definition) is 15. The van der Waals surface area contributed by atoms with Gasteiger partial charge in [0, 0.05) is 25.7 Å². The van der Waals surface area contributed by atoms with Gasteiger partial charge in [0.05, 0.1) is 26.4 Å². The molecule has 0 saturated heterocycles. The van der Waals surface area contributed by atoms with Gasteiger partial charge in [0.25, 0.3) is 0 Å². The predicted octanol–water partition coefficient (Wildman–Crippen LogP) is 21.8. The fraction of sp³-hybridized carbons (Fsp3) is 0.947. The maximum atomic E-state index is 13.1. The Labute approximate surface area is 575 Å². The molecule has 0 aliphatic carbocycles. The summed E-state index contributed by atoms with van der Waals surface area (Å²) in [4.78, 5) is 72.7. The van der Waals surface area contributed by atoms with E-state index >= 15 is 0 Å². The zero-order valence-corrected chi connectivity index (χ0v) is 63.2. The van der Waals surface area contributed by atoms with Crippen molar-refractivity contribution in [1.82, 2.24) is 0 Å². The van der Waals surface area contributed by atoms with Crippen molar-refractivity contribution in [2.24, 2.45) is 17.8 Å². The lowest BCUT2D eigenvalue weighted by atomic mass is 10.0. The molecule has 0 spiro atoms. The summed E-state index contributed by atoms with van der Waals surface area (Å²) in [7, 11) is -9.91. The van der Waals surface area contributed by atoms with Crippen LogP contribution in [0.15, 0.2) is 0 Å². The van der Waals surface area contributed by atoms with Gasteiger partial charge in [-0.3, -0.25) is 37.3 Å². The van der Waals surface area contributed by atoms with Crippen molar-refractivity contribution in [3.05, 3.63) is 0 Å². The molecule has 0 heterocycles. The molecule has 0 aromatic carbocycles. The molecule has 0 aliphatic heterocycles. The molecule has 3 N–H and O–H groups in total. The van der Waals surface area contributed by atoms with E-state index in [4.69, 9.17) is 37.0 Å². The third kappa shape index (κ3) is 68.6. The van der Waals surface area contributed by atoms with Crippen molar-refractivity contribution in [1.29, 1.82) is 0 Å². The lowest BCUT2D eigenvalue weighted by Gasteiger charge is -2.21. The standard InChI is InChI=1S/C75H146O17P2/c1-8-9-10-11-12-13-14-15-16-17-18-19-20-21-26-29-36-44-51-58-74(79)91-70(62-85-72(77)56-49-42-35-28-25-23-22-24-27-32-39-46-53-66(2)3)64-89-93(81,82)87-60-69(76)61-88-94(83,84)90-65-71(92-75(80)59-52-45-38-31-34-41-48-55-68(6)7)63-86-73(78)57-50-43-37-30-33-40-47-54-67(4)5/h66-71,76H,8-65H2,1-7H3,(H,81,82)(H,83,84)/t69-,70-,71-/m1/s1. The van der Waals surface area contributed by atoms with Gasteiger partial charge in [-0.2, -0.15) is 0 Å². The lowest BCUT2D eigenvalue weighted by Crippen LogP contribution is -2.30. The molecule has 0 amide bonds. The first kappa shape index (κ1) is 92.1. The van der Waals surface area contributed by atoms with Crippen molar-refractivity contribution in [3.8, 4) is 0 Å². The van der Waals surface area contributed by atoms with Crippen molar-refractivity contribution in [3.63, 3.8) is 0 Å². The quantitative estimate of drug-likeness (QED) is 0.0222. The minimum absolute atomic E-state index is 0.103. The Balaban J connectivity index is 5.22. The fourth-order valence-electron chi connectivity index (χ4n) is 11.4. The molecule has 94 heavy (non-hydrogen) atoms. The highest BCUT2D eigenvalue weighted by atomic mass is 31.2. The first-order valence-corrected chi connectivity index (χ1v) is 41.8. The fourth-order valence-corrected chi connectivity index (χ4v) is 13.0. The molecule has 558 valence electrons. The number of esters is 4. The van der Waals surface area contributed by atoms with Gasteiger partial charge in [-0.05, 0) is 43.4 Å². The summed E-state index contributed by atoms with van der Waals surface area (Å²) < 4.78 is 68.4. The minimum atomic E-state index is -4.96. The molecule has 0 fully saturated rings. The Hall–Kier alpha value is -1.94. The van der Waals surface area contributed by atoms with E-state index in [0.717, 1.165) is 102 Å². The maximum absolute atomic E-state index is 13.1. The van der Waals surface area contributed by atoms with E-state index in [-0.39, 0.29) is 25.7 Å². The van der Waals surface area contributed by atoms with Crippen LogP contribution >= 0.6 is 15.6 Å². The number of phosphoric acid groups is 2. The topological polar surface area (TPSA) is 237 Å². The van der Waals surface area contributed by atoms with Crippen LogP contribution in [0.25, 0.3) is 0 Å². The number of unbranched alkanes of at least 4 members (excludes halogenated alkanes) is 41. The molecule has 5 atom stereocenters. The van der Waals surface area contributed by atoms with Crippen LogP contribution in [0.4, 0.5) is 0 Å². The van der Waals surface area contributed by atoms with Crippen LogP contribution in [0, 0.1) is 17.8 Å². The predicted molar refractivity (Wildman–Crippen MR) is 381 cm³/mol. The SMILES string of the molecule is CCCCCCCCCCCCCCCCCCCCCC(=O)O[C@H](COC(=O)CCCCCCCCCCCCCCC(C)C)COP(=O)(O)OC[C@@H](O)COP(=O)(O)OC[C@@H](COC(=O)CCCCCCCCCC(C)C)OC(=O)CCCCCCCCCC(C)C. The molecule has 19 heteroatoms. The highest BCUT2D eigenvalue weighted by molar-refractivity contribution is 7.47. The molecule has 0 radical (unpaired) electrons. The number of hydrogen-bond donors (Lipinski definition) is 3. The summed E-state index contributed by atoms with van der Waals surface area (Å²) in [5.74, 6) is 0.0596. The van der Waals surface area contributed by atoms with E-state index in [1.54, 1.807) is 0 Å². The minimum Gasteiger partial charge on any atom is -0.462 e. The van der Waals surface area contributed by atoms with Crippen LogP contribution in [-0.4, -0.2) is 96.7 Å². The lowest BCUT2D eigenvalue weighted by molar-refractivity contribution is -0.161. The molecular formula is C75H146O17P2. The van der Waals surface area contributed by atoms with Gasteiger partial charge in [-0.1, -0.05) is 331 Å². The Morgan fingerprint density at radius 3 is 0.723 bits per heavy atom. The number of phosphoric ester groups is 2. The van der Waals surface area contributed by atoms with Crippen LogP contribution in [-0.2, 0) is 65.4 Å². The summed E-state index contributed by atoms with van der Waals surface area (Å²) in [5, 5.41) is 10.6. The number of aliphatic hydroxyl groups is 1. The first-order chi connectivity index (χ1) is 45.2. The summed E-state index contributed by atoms with van der Waals surface area (Å²) in [6.07, 6.45) is 51.6. The number of carbonyl (C=O) groups is 4. The van der Waals surface area contributed by atoms with Gasteiger partial charge >= 0.3 is 39.5 Å². The molecule has 0 aromatic heterocycles. The second-order valence-electron chi connectivity index (χ2n) is 28.5. The molecule has 2 unspecified atom stereocenters. The van der Waals surface area contributed by atoms with Crippen molar-refractivity contribution >= 4 is 39.5 Å². The molecule has 0 rings (SSSR count). The number of rotatable bonds is 73. The molecule has 0 bridgehead atoms. The Bertz CT molecular complexity index is 1840. The van der Waals surface area contributed by atoms with Crippen LogP contribution in [0.2, 0.25) is 0 Å². The van der Waals surface area contributed by atoms with E-state index in [9.17, 15) is 43.2 Å². The van der Waals surface area contributed by atoms with Crippen LogP contribution in [0.5, 0.6) is 0 Å². The van der Waals surface area contributed by atoms with Crippen LogP contribution in [0.1, 0.15) is 382 Å². The number of aliphatic hydroxyl groups excluding tert-OH is 1. The smallest absolute Gasteiger partial charge is 0.462 e. The summed E-state index contributed by atoms with van der Waals surface area (Å²) in [6, 6.07) is 0. The third-order valence-electron chi connectivity index (χ3n) is 17.4. The van der Waals surface area contributed by atoms with Gasteiger partial charge in [0.1, 0.15) is 19.3 Å². The van der Waals surface area contributed by atoms with Crippen LogP contribution < -0.4 is 0 Å². The third-order valence-corrected chi connectivity index (χ3v) is 19.3. The zero-order chi connectivity index (χ0) is 69.4. The molecule has 0 saturated carbocycles. The summed E-state index contributed by atoms with van der Waals surface area (Å²) in [5.41, 5.74) is 0. The van der Waals surface area contributed by atoms with Crippen molar-refractivity contribution in [2.75, 3.05) is 39.6 Å². The average molecular weight is 1380 g/mol. The molecular weight excluding hydrogens is 1230 g/mol. The molecule has 0 aliphatic rings. The van der Waals surface area contributed by atoms with Crippen molar-refractivity contribution < 1.29 is 80.2 Å². The van der Waals surface area contributed by atoms with Gasteiger partial charge in [-0.15, -0.1) is 0 Å². The maximum Gasteiger partial charge on any atom is 0.472 e. The van der Waals surface area contributed by atoms with Gasteiger partial charge in [-0.25, -0.2) is 9.13 Å². The van der Waals surface area contributed by atoms with E-state index in [0.29, 0.717) is 37.5 Å². The van der Waals surface area contributed by atoms with E-state index in [1.165, 1.54) is 186 Å². The summed E-state index contributed by atoms with van der Waals surface area (Å²) >= 11 is 0. The Morgan fingerprint density at radius 2 is 0.489 bits per heavy atom. The summed E-state index contributed by atoms with van der Waals surface area (Å²) in [6.45, 7) is 11.8. The second-order valence-corrected chi connectivity index (χ2v) is 31.4. The van der Waals surface area contributed by atoms with Crippen molar-refractivity contribution in [2.45, 2.75) is 401 Å². The first-order valence-electron chi connectivity index (χ1n) is 38.8. The van der Waals surface area contributed by atoms with E-state index in [1.807, 2.05) is 0 Å². The van der Waals surface area contributed by atoms with Gasteiger partial charge < -0.3 is 33.8 Å². The van der Waals surface area contributed by atoms with Gasteiger partial charge in [0.2, 0.25) is 0 Å². The monoisotopic (exact) mass is 1380 g/mol. The molecule has 17 nitrogen and oxygen atoms in total. The Kier molecular flexibility index (Phi) is 64.3. The highest BCUT2D eigenvalue weighted by Gasteiger charge is 2.30. The van der Waals surface area contributed by atoms with E-state index in [2.05, 4.69) is 48.5 Å². The number of carbonyl (C=O) groups excluding carboxylic acids is 4.